The maximum Gasteiger partial charge on any atom is 0.0982 e. The first kappa shape index (κ1) is 13.9. The van der Waals surface area contributed by atoms with Crippen molar-refractivity contribution in [2.24, 2.45) is 0 Å². The molecule has 0 bridgehead atoms. The highest BCUT2D eigenvalue weighted by Gasteiger charge is 2.23. The monoisotopic (exact) mass is 312 g/mol. The first-order valence-corrected chi connectivity index (χ1v) is 8.75. The SMILES string of the molecule is c1ccc2sc(C3CCCN(CCn4cccn4)C3)nc2c1. The second-order valence-electron chi connectivity index (χ2n) is 5.93. The normalized spacial score (nSPS) is 19.7. The molecule has 0 radical (unpaired) electrons. The molecule has 2 aromatic heterocycles. The van der Waals surface area contributed by atoms with Crippen LogP contribution in [-0.4, -0.2) is 39.3 Å². The predicted octanol–water partition coefficient (Wildman–Crippen LogP) is 3.37. The number of aromatic nitrogens is 3. The topological polar surface area (TPSA) is 34.0 Å². The van der Waals surface area contributed by atoms with Crippen LogP contribution in [0.4, 0.5) is 0 Å². The number of fused-ring (bicyclic) bond motifs is 1. The highest BCUT2D eigenvalue weighted by Crippen LogP contribution is 2.32. The summed E-state index contributed by atoms with van der Waals surface area (Å²) in [5, 5.41) is 5.60. The van der Waals surface area contributed by atoms with Crippen molar-refractivity contribution in [2.45, 2.75) is 25.3 Å². The summed E-state index contributed by atoms with van der Waals surface area (Å²) in [7, 11) is 0. The zero-order valence-corrected chi connectivity index (χ0v) is 13.4. The second kappa shape index (κ2) is 6.18. The van der Waals surface area contributed by atoms with Gasteiger partial charge in [-0.2, -0.15) is 5.10 Å². The van der Waals surface area contributed by atoms with E-state index in [1.807, 2.05) is 34.5 Å². The van der Waals surface area contributed by atoms with Gasteiger partial charge in [0.1, 0.15) is 0 Å². The van der Waals surface area contributed by atoms with Gasteiger partial charge in [0.2, 0.25) is 0 Å². The van der Waals surface area contributed by atoms with Gasteiger partial charge in [0, 0.05) is 31.4 Å². The van der Waals surface area contributed by atoms with Crippen molar-refractivity contribution in [1.29, 1.82) is 0 Å². The quantitative estimate of drug-likeness (QED) is 0.740. The molecule has 4 nitrogen and oxygen atoms in total. The van der Waals surface area contributed by atoms with E-state index in [1.54, 1.807) is 0 Å². The minimum atomic E-state index is 0.587. The molecule has 0 amide bonds. The third-order valence-electron chi connectivity index (χ3n) is 4.37. The molecular formula is C17H20N4S. The lowest BCUT2D eigenvalue weighted by Gasteiger charge is -2.31. The lowest BCUT2D eigenvalue weighted by atomic mass is 9.99. The average molecular weight is 312 g/mol. The Morgan fingerprint density at radius 2 is 2.14 bits per heavy atom. The Bertz CT molecular complexity index is 701. The molecule has 1 atom stereocenters. The number of piperidine rings is 1. The van der Waals surface area contributed by atoms with Gasteiger partial charge in [-0.05, 0) is 37.6 Å². The molecule has 22 heavy (non-hydrogen) atoms. The van der Waals surface area contributed by atoms with E-state index in [0.29, 0.717) is 5.92 Å². The Morgan fingerprint density at radius 1 is 1.18 bits per heavy atom. The number of para-hydroxylation sites is 1. The summed E-state index contributed by atoms with van der Waals surface area (Å²) in [6.45, 7) is 4.37. The summed E-state index contributed by atoms with van der Waals surface area (Å²) in [6.07, 6.45) is 6.41. The van der Waals surface area contributed by atoms with Crippen LogP contribution >= 0.6 is 11.3 Å². The molecular weight excluding hydrogens is 292 g/mol. The fourth-order valence-corrected chi connectivity index (χ4v) is 4.29. The van der Waals surface area contributed by atoms with Gasteiger partial charge in [-0.1, -0.05) is 12.1 Å². The van der Waals surface area contributed by atoms with Crippen molar-refractivity contribution in [3.05, 3.63) is 47.7 Å². The third kappa shape index (κ3) is 2.91. The summed E-state index contributed by atoms with van der Waals surface area (Å²) < 4.78 is 3.33. The van der Waals surface area contributed by atoms with Crippen LogP contribution < -0.4 is 0 Å². The van der Waals surface area contributed by atoms with Gasteiger partial charge in [0.05, 0.1) is 21.8 Å². The molecule has 1 aliphatic rings. The molecule has 0 N–H and O–H groups in total. The van der Waals surface area contributed by atoms with E-state index in [9.17, 15) is 0 Å². The number of hydrogen-bond acceptors (Lipinski definition) is 4. The first-order chi connectivity index (χ1) is 10.9. The molecule has 1 aliphatic heterocycles. The van der Waals surface area contributed by atoms with Gasteiger partial charge in [-0.3, -0.25) is 4.68 Å². The van der Waals surface area contributed by atoms with E-state index < -0.39 is 0 Å². The molecule has 5 heteroatoms. The Morgan fingerprint density at radius 3 is 3.00 bits per heavy atom. The van der Waals surface area contributed by atoms with Crippen molar-refractivity contribution in [3.63, 3.8) is 0 Å². The van der Waals surface area contributed by atoms with Crippen LogP contribution in [0.25, 0.3) is 10.2 Å². The third-order valence-corrected chi connectivity index (χ3v) is 5.57. The lowest BCUT2D eigenvalue weighted by molar-refractivity contribution is 0.198. The Labute approximate surface area is 134 Å². The van der Waals surface area contributed by atoms with E-state index >= 15 is 0 Å². The zero-order chi connectivity index (χ0) is 14.8. The highest BCUT2D eigenvalue weighted by atomic mass is 32.1. The van der Waals surface area contributed by atoms with E-state index in [0.717, 1.165) is 25.2 Å². The number of thiazole rings is 1. The standard InChI is InChI=1S/C17H20N4S/c1-2-7-16-15(6-1)19-17(22-16)14-5-3-9-20(13-14)11-12-21-10-4-8-18-21/h1-2,4,6-8,10,14H,3,5,9,11-13H2. The summed E-state index contributed by atoms with van der Waals surface area (Å²) in [4.78, 5) is 7.41. The van der Waals surface area contributed by atoms with Crippen molar-refractivity contribution in [3.8, 4) is 0 Å². The highest BCUT2D eigenvalue weighted by molar-refractivity contribution is 7.18. The second-order valence-corrected chi connectivity index (χ2v) is 6.99. The van der Waals surface area contributed by atoms with Crippen molar-refractivity contribution >= 4 is 21.6 Å². The molecule has 1 saturated heterocycles. The fraction of sp³-hybridized carbons (Fsp3) is 0.412. The van der Waals surface area contributed by atoms with Crippen molar-refractivity contribution < 1.29 is 0 Å². The van der Waals surface area contributed by atoms with Gasteiger partial charge in [0.25, 0.3) is 0 Å². The zero-order valence-electron chi connectivity index (χ0n) is 12.6. The van der Waals surface area contributed by atoms with Gasteiger partial charge >= 0.3 is 0 Å². The molecule has 0 spiro atoms. The summed E-state index contributed by atoms with van der Waals surface area (Å²) in [5.41, 5.74) is 1.15. The number of likely N-dealkylation sites (tertiary alicyclic amines) is 1. The molecule has 1 unspecified atom stereocenters. The van der Waals surface area contributed by atoms with E-state index in [4.69, 9.17) is 4.98 Å². The maximum atomic E-state index is 4.86. The smallest absolute Gasteiger partial charge is 0.0982 e. The number of nitrogens with zero attached hydrogens (tertiary/aromatic N) is 4. The van der Waals surface area contributed by atoms with Crippen LogP contribution in [0.1, 0.15) is 23.8 Å². The molecule has 0 saturated carbocycles. The predicted molar refractivity (Wildman–Crippen MR) is 90.3 cm³/mol. The van der Waals surface area contributed by atoms with Gasteiger partial charge in [0.15, 0.2) is 0 Å². The minimum Gasteiger partial charge on any atom is -0.301 e. The van der Waals surface area contributed by atoms with E-state index in [-0.39, 0.29) is 0 Å². The molecule has 114 valence electrons. The van der Waals surface area contributed by atoms with Crippen LogP contribution in [-0.2, 0) is 6.54 Å². The summed E-state index contributed by atoms with van der Waals surface area (Å²) in [6, 6.07) is 10.5. The molecule has 3 heterocycles. The summed E-state index contributed by atoms with van der Waals surface area (Å²) >= 11 is 1.87. The van der Waals surface area contributed by atoms with Gasteiger partial charge in [-0.15, -0.1) is 11.3 Å². The Hall–Kier alpha value is -1.72. The van der Waals surface area contributed by atoms with Gasteiger partial charge in [-0.25, -0.2) is 4.98 Å². The number of rotatable bonds is 4. The minimum absolute atomic E-state index is 0.587. The van der Waals surface area contributed by atoms with Crippen LogP contribution in [0.5, 0.6) is 0 Å². The van der Waals surface area contributed by atoms with Crippen molar-refractivity contribution in [2.75, 3.05) is 19.6 Å². The summed E-state index contributed by atoms with van der Waals surface area (Å²) in [5.74, 6) is 0.587. The maximum absolute atomic E-state index is 4.86. The molecule has 1 fully saturated rings. The van der Waals surface area contributed by atoms with Crippen molar-refractivity contribution in [1.82, 2.24) is 19.7 Å². The van der Waals surface area contributed by atoms with Crippen LogP contribution in [0.15, 0.2) is 42.7 Å². The van der Waals surface area contributed by atoms with Gasteiger partial charge < -0.3 is 4.90 Å². The largest absolute Gasteiger partial charge is 0.301 e. The van der Waals surface area contributed by atoms with E-state index in [2.05, 4.69) is 34.3 Å². The van der Waals surface area contributed by atoms with E-state index in [1.165, 1.54) is 29.1 Å². The Balaban J connectivity index is 1.43. The molecule has 1 aromatic carbocycles. The number of hydrogen-bond donors (Lipinski definition) is 0. The average Bonchev–Trinajstić information content (AvgIpc) is 3.22. The lowest BCUT2D eigenvalue weighted by Crippen LogP contribution is -2.36. The molecule has 0 aliphatic carbocycles. The van der Waals surface area contributed by atoms with Crippen LogP contribution in [0.2, 0.25) is 0 Å². The molecule has 3 aromatic rings. The van der Waals surface area contributed by atoms with Crippen LogP contribution in [0, 0.1) is 0 Å². The molecule has 4 rings (SSSR count). The fourth-order valence-electron chi connectivity index (χ4n) is 3.20. The first-order valence-electron chi connectivity index (χ1n) is 7.94. The Kier molecular flexibility index (Phi) is 3.91. The van der Waals surface area contributed by atoms with Crippen LogP contribution in [0.3, 0.4) is 0 Å². The number of benzene rings is 1.